The Hall–Kier alpha value is -2.73. The highest BCUT2D eigenvalue weighted by atomic mass is 16.5. The summed E-state index contributed by atoms with van der Waals surface area (Å²) in [6.45, 7) is 3.20. The molecule has 1 amide bonds. The average molecular weight is 353 g/mol. The largest absolute Gasteiger partial charge is 0.378 e. The smallest absolute Gasteiger partial charge is 0.220 e. The van der Waals surface area contributed by atoms with Gasteiger partial charge < -0.3 is 15.0 Å². The summed E-state index contributed by atoms with van der Waals surface area (Å²) in [6, 6.07) is 11.3. The van der Waals surface area contributed by atoms with E-state index in [2.05, 4.69) is 15.2 Å². The fourth-order valence-electron chi connectivity index (χ4n) is 2.86. The molecule has 1 saturated heterocycles. The molecular weight excluding hydrogens is 330 g/mol. The fraction of sp³-hybridized carbons (Fsp3) is 0.350. The summed E-state index contributed by atoms with van der Waals surface area (Å²) in [7, 11) is 0. The lowest BCUT2D eigenvalue weighted by Crippen LogP contribution is -2.36. The van der Waals surface area contributed by atoms with Gasteiger partial charge in [0.2, 0.25) is 5.91 Å². The van der Waals surface area contributed by atoms with Crippen molar-refractivity contribution in [2.45, 2.75) is 12.8 Å². The van der Waals surface area contributed by atoms with Crippen molar-refractivity contribution in [2.75, 3.05) is 37.7 Å². The van der Waals surface area contributed by atoms with Gasteiger partial charge in [-0.05, 0) is 48.4 Å². The second kappa shape index (κ2) is 9.10. The Bertz CT molecular complexity index is 726. The van der Waals surface area contributed by atoms with Gasteiger partial charge in [-0.2, -0.15) is 0 Å². The summed E-state index contributed by atoms with van der Waals surface area (Å²) >= 11 is 0. The second-order valence-electron chi connectivity index (χ2n) is 6.20. The Labute approximate surface area is 153 Å². The number of nitrogens with one attached hydrogen (secondary N) is 1. The van der Waals surface area contributed by atoms with Crippen molar-refractivity contribution >= 4 is 17.4 Å². The monoisotopic (exact) mass is 353 g/mol. The van der Waals surface area contributed by atoms with Crippen molar-refractivity contribution in [1.29, 1.82) is 0 Å². The number of aromatic nitrogens is 1. The van der Waals surface area contributed by atoms with Crippen LogP contribution in [0.25, 0.3) is 0 Å². The van der Waals surface area contributed by atoms with Crippen LogP contribution in [0.1, 0.15) is 22.3 Å². The lowest BCUT2D eigenvalue weighted by atomic mass is 10.1. The zero-order valence-corrected chi connectivity index (χ0v) is 14.7. The number of benzene rings is 1. The number of carbonyl (C=O) groups excluding carboxylic acids is 2. The van der Waals surface area contributed by atoms with Crippen molar-refractivity contribution in [3.05, 3.63) is 59.9 Å². The van der Waals surface area contributed by atoms with Gasteiger partial charge in [0, 0.05) is 43.2 Å². The van der Waals surface area contributed by atoms with E-state index < -0.39 is 0 Å². The Morgan fingerprint density at radius 3 is 2.42 bits per heavy atom. The molecule has 26 heavy (non-hydrogen) atoms. The quantitative estimate of drug-likeness (QED) is 0.769. The summed E-state index contributed by atoms with van der Waals surface area (Å²) in [6.07, 6.45) is 4.40. The molecule has 6 heteroatoms. The van der Waals surface area contributed by atoms with Crippen LogP contribution in [0.2, 0.25) is 0 Å². The van der Waals surface area contributed by atoms with Crippen molar-refractivity contribution in [1.82, 2.24) is 10.3 Å². The summed E-state index contributed by atoms with van der Waals surface area (Å²) in [5, 5.41) is 2.70. The minimum atomic E-state index is -0.125. The van der Waals surface area contributed by atoms with Crippen LogP contribution in [0, 0.1) is 0 Å². The van der Waals surface area contributed by atoms with Crippen molar-refractivity contribution < 1.29 is 14.3 Å². The lowest BCUT2D eigenvalue weighted by molar-refractivity contribution is -0.120. The number of hydrogen-bond donors (Lipinski definition) is 1. The van der Waals surface area contributed by atoms with Crippen LogP contribution in [-0.2, 0) is 16.0 Å². The number of hydrogen-bond acceptors (Lipinski definition) is 5. The molecule has 1 N–H and O–H groups in total. The third-order valence-electron chi connectivity index (χ3n) is 4.40. The fourth-order valence-corrected chi connectivity index (χ4v) is 2.86. The van der Waals surface area contributed by atoms with Gasteiger partial charge in [-0.1, -0.05) is 0 Å². The summed E-state index contributed by atoms with van der Waals surface area (Å²) in [5.41, 5.74) is 2.75. The maximum Gasteiger partial charge on any atom is 0.220 e. The molecule has 1 aliphatic heterocycles. The van der Waals surface area contributed by atoms with E-state index >= 15 is 0 Å². The van der Waals surface area contributed by atoms with Gasteiger partial charge in [0.05, 0.1) is 19.8 Å². The van der Waals surface area contributed by atoms with Gasteiger partial charge in [-0.15, -0.1) is 0 Å². The van der Waals surface area contributed by atoms with Gasteiger partial charge in [0.25, 0.3) is 0 Å². The minimum Gasteiger partial charge on any atom is -0.378 e. The van der Waals surface area contributed by atoms with Crippen LogP contribution in [0.5, 0.6) is 0 Å². The first-order chi connectivity index (χ1) is 12.7. The number of Topliss-reactive ketones (excluding diaryl/α,β-unsaturated/α-hetero) is 1. The predicted molar refractivity (Wildman–Crippen MR) is 99.4 cm³/mol. The number of anilines is 1. The molecular formula is C20H23N3O3. The average Bonchev–Trinajstić information content (AvgIpc) is 2.72. The van der Waals surface area contributed by atoms with E-state index in [1.807, 2.05) is 36.4 Å². The van der Waals surface area contributed by atoms with E-state index in [4.69, 9.17) is 4.74 Å². The lowest BCUT2D eigenvalue weighted by Gasteiger charge is -2.28. The number of rotatable bonds is 7. The first-order valence-electron chi connectivity index (χ1n) is 8.84. The number of ketones is 1. The highest BCUT2D eigenvalue weighted by Gasteiger charge is 2.13. The molecule has 136 valence electrons. The molecule has 1 fully saturated rings. The van der Waals surface area contributed by atoms with Crippen molar-refractivity contribution in [2.24, 2.45) is 0 Å². The first-order valence-corrected chi connectivity index (χ1v) is 8.84. The first kappa shape index (κ1) is 18.1. The number of amides is 1. The maximum absolute atomic E-state index is 12.3. The van der Waals surface area contributed by atoms with Crippen molar-refractivity contribution in [3.8, 4) is 0 Å². The topological polar surface area (TPSA) is 71.5 Å². The van der Waals surface area contributed by atoms with Gasteiger partial charge >= 0.3 is 0 Å². The molecule has 0 saturated carbocycles. The Balaban J connectivity index is 1.44. The van der Waals surface area contributed by atoms with E-state index in [0.717, 1.165) is 37.6 Å². The summed E-state index contributed by atoms with van der Waals surface area (Å²) in [4.78, 5) is 30.4. The van der Waals surface area contributed by atoms with Gasteiger partial charge in [0.1, 0.15) is 0 Å². The molecule has 2 heterocycles. The third-order valence-corrected chi connectivity index (χ3v) is 4.40. The molecule has 0 spiro atoms. The van der Waals surface area contributed by atoms with Crippen LogP contribution in [0.3, 0.4) is 0 Å². The Morgan fingerprint density at radius 1 is 1.04 bits per heavy atom. The van der Waals surface area contributed by atoms with E-state index in [9.17, 15) is 9.59 Å². The van der Waals surface area contributed by atoms with Crippen LogP contribution in [-0.4, -0.2) is 49.5 Å². The van der Waals surface area contributed by atoms with E-state index in [0.29, 0.717) is 18.4 Å². The highest BCUT2D eigenvalue weighted by Crippen LogP contribution is 2.16. The van der Waals surface area contributed by atoms with E-state index in [1.54, 1.807) is 12.4 Å². The van der Waals surface area contributed by atoms with Gasteiger partial charge in [0.15, 0.2) is 5.78 Å². The number of aryl methyl sites for hydroxylation is 1. The SMILES string of the molecule is O=C(CCc1ccncc1)NCC(=O)c1ccc(N2CCOCC2)cc1. The molecule has 0 unspecified atom stereocenters. The van der Waals surface area contributed by atoms with Crippen LogP contribution in [0.4, 0.5) is 5.69 Å². The molecule has 1 aromatic heterocycles. The molecule has 0 bridgehead atoms. The predicted octanol–water partition coefficient (Wildman–Crippen LogP) is 1.85. The molecule has 2 aromatic rings. The third kappa shape index (κ3) is 5.13. The molecule has 0 radical (unpaired) electrons. The standard InChI is InChI=1S/C20H23N3O3/c24-19(15-22-20(25)6-1-16-7-9-21-10-8-16)17-2-4-18(5-3-17)23-11-13-26-14-12-23/h2-5,7-10H,1,6,11-15H2,(H,22,25). The zero-order valence-electron chi connectivity index (χ0n) is 14.7. The van der Waals surface area contributed by atoms with E-state index in [1.165, 1.54) is 0 Å². The van der Waals surface area contributed by atoms with Crippen molar-refractivity contribution in [3.63, 3.8) is 0 Å². The summed E-state index contributed by atoms with van der Waals surface area (Å²) in [5.74, 6) is -0.212. The summed E-state index contributed by atoms with van der Waals surface area (Å²) < 4.78 is 5.35. The Kier molecular flexibility index (Phi) is 6.33. The van der Waals surface area contributed by atoms with Crippen LogP contribution >= 0.6 is 0 Å². The zero-order chi connectivity index (χ0) is 18.2. The number of pyridine rings is 1. The van der Waals surface area contributed by atoms with Crippen LogP contribution < -0.4 is 10.2 Å². The molecule has 1 aromatic carbocycles. The minimum absolute atomic E-state index is 0.0199. The normalized spacial score (nSPS) is 14.1. The second-order valence-corrected chi connectivity index (χ2v) is 6.20. The molecule has 6 nitrogen and oxygen atoms in total. The highest BCUT2D eigenvalue weighted by molar-refractivity contribution is 5.99. The molecule has 1 aliphatic rings. The molecule has 0 aliphatic carbocycles. The molecule has 3 rings (SSSR count). The van der Waals surface area contributed by atoms with Gasteiger partial charge in [-0.3, -0.25) is 14.6 Å². The Morgan fingerprint density at radius 2 is 1.73 bits per heavy atom. The number of ether oxygens (including phenoxy) is 1. The number of carbonyl (C=O) groups is 2. The maximum atomic E-state index is 12.3. The van der Waals surface area contributed by atoms with Crippen LogP contribution in [0.15, 0.2) is 48.8 Å². The number of morpholine rings is 1. The molecule has 0 atom stereocenters. The van der Waals surface area contributed by atoms with E-state index in [-0.39, 0.29) is 18.2 Å². The number of nitrogens with zero attached hydrogens (tertiary/aromatic N) is 2. The van der Waals surface area contributed by atoms with Gasteiger partial charge in [-0.25, -0.2) is 0 Å².